The van der Waals surface area contributed by atoms with E-state index < -0.39 is 6.04 Å². The van der Waals surface area contributed by atoms with Gasteiger partial charge in [-0.1, -0.05) is 38.1 Å². The van der Waals surface area contributed by atoms with Crippen molar-refractivity contribution in [2.75, 3.05) is 20.1 Å². The second-order valence-electron chi connectivity index (χ2n) is 6.16. The van der Waals surface area contributed by atoms with E-state index in [0.717, 1.165) is 30.8 Å². The topological polar surface area (TPSA) is 62.2 Å². The van der Waals surface area contributed by atoms with Gasteiger partial charge in [0.2, 0.25) is 5.91 Å². The Hall–Kier alpha value is -1.60. The standard InChI is InChI=1S/C19H29N5O.2ClH/c1-5-24(6-2)13-16-9-7-15(8-10-16)11-21-19(25)18(20-3)17-12-22-23(4)14-17;;/h7-10,12,14,18,20H,5-6,11,13H2,1-4H3,(H,21,25);2*1H. The van der Waals surface area contributed by atoms with Crippen molar-refractivity contribution in [1.82, 2.24) is 25.3 Å². The third-order valence-electron chi connectivity index (χ3n) is 4.40. The van der Waals surface area contributed by atoms with E-state index in [1.165, 1.54) is 5.56 Å². The average Bonchev–Trinajstić information content (AvgIpc) is 3.05. The maximum absolute atomic E-state index is 12.4. The van der Waals surface area contributed by atoms with Gasteiger partial charge in [0, 0.05) is 31.9 Å². The van der Waals surface area contributed by atoms with Crippen molar-refractivity contribution in [2.24, 2.45) is 7.05 Å². The molecule has 1 unspecified atom stereocenters. The summed E-state index contributed by atoms with van der Waals surface area (Å²) < 4.78 is 1.70. The molecule has 1 amide bonds. The van der Waals surface area contributed by atoms with Crippen LogP contribution in [0.15, 0.2) is 36.7 Å². The van der Waals surface area contributed by atoms with E-state index in [2.05, 4.69) is 58.7 Å². The Morgan fingerprint density at radius 1 is 1.15 bits per heavy atom. The van der Waals surface area contributed by atoms with Crippen LogP contribution in [0.4, 0.5) is 0 Å². The van der Waals surface area contributed by atoms with Crippen molar-refractivity contribution in [1.29, 1.82) is 0 Å². The van der Waals surface area contributed by atoms with Crippen molar-refractivity contribution in [3.63, 3.8) is 0 Å². The number of benzene rings is 1. The van der Waals surface area contributed by atoms with Crippen LogP contribution in [0.3, 0.4) is 0 Å². The lowest BCUT2D eigenvalue weighted by Gasteiger charge is -2.18. The molecule has 0 spiro atoms. The maximum Gasteiger partial charge on any atom is 0.242 e. The highest BCUT2D eigenvalue weighted by Crippen LogP contribution is 2.12. The molecule has 1 aromatic heterocycles. The van der Waals surface area contributed by atoms with Crippen molar-refractivity contribution >= 4 is 30.7 Å². The number of likely N-dealkylation sites (N-methyl/N-ethyl adjacent to an activating group) is 1. The van der Waals surface area contributed by atoms with Crippen molar-refractivity contribution < 1.29 is 4.79 Å². The number of rotatable bonds is 9. The van der Waals surface area contributed by atoms with Crippen molar-refractivity contribution in [3.05, 3.63) is 53.3 Å². The SMILES string of the molecule is CCN(CC)Cc1ccc(CNC(=O)C(NC)c2cnn(C)c2)cc1.Cl.Cl. The van der Waals surface area contributed by atoms with Crippen LogP contribution < -0.4 is 10.6 Å². The zero-order valence-corrected chi connectivity index (χ0v) is 18.1. The van der Waals surface area contributed by atoms with Gasteiger partial charge in [0.25, 0.3) is 0 Å². The molecule has 0 radical (unpaired) electrons. The Kier molecular flexibility index (Phi) is 12.0. The summed E-state index contributed by atoms with van der Waals surface area (Å²) in [5, 5.41) is 10.2. The van der Waals surface area contributed by atoms with Crippen LogP contribution in [0.5, 0.6) is 0 Å². The van der Waals surface area contributed by atoms with Gasteiger partial charge in [-0.05, 0) is 31.3 Å². The molecule has 6 nitrogen and oxygen atoms in total. The first kappa shape index (κ1) is 25.4. The van der Waals surface area contributed by atoms with Crippen LogP contribution in [0.1, 0.15) is 36.6 Å². The summed E-state index contributed by atoms with van der Waals surface area (Å²) in [6, 6.07) is 8.04. The lowest BCUT2D eigenvalue weighted by Crippen LogP contribution is -2.35. The first-order valence-electron chi connectivity index (χ1n) is 8.81. The molecule has 0 bridgehead atoms. The van der Waals surface area contributed by atoms with Gasteiger partial charge in [0.1, 0.15) is 6.04 Å². The number of halogens is 2. The quantitative estimate of drug-likeness (QED) is 0.660. The number of hydrogen-bond donors (Lipinski definition) is 2. The molecule has 152 valence electrons. The van der Waals surface area contributed by atoms with E-state index in [1.54, 1.807) is 17.9 Å². The molecule has 0 aliphatic carbocycles. The summed E-state index contributed by atoms with van der Waals surface area (Å²) in [5.74, 6) is -0.0530. The fourth-order valence-electron chi connectivity index (χ4n) is 2.80. The van der Waals surface area contributed by atoms with Crippen LogP contribution in [0.25, 0.3) is 0 Å². The van der Waals surface area contributed by atoms with E-state index in [9.17, 15) is 4.79 Å². The van der Waals surface area contributed by atoms with E-state index in [4.69, 9.17) is 0 Å². The number of nitrogens with zero attached hydrogens (tertiary/aromatic N) is 3. The van der Waals surface area contributed by atoms with E-state index in [1.807, 2.05) is 13.2 Å². The number of aryl methyl sites for hydroxylation is 1. The van der Waals surface area contributed by atoms with Crippen LogP contribution in [-0.2, 0) is 24.9 Å². The van der Waals surface area contributed by atoms with E-state index in [0.29, 0.717) is 6.54 Å². The minimum atomic E-state index is -0.393. The van der Waals surface area contributed by atoms with Gasteiger partial charge in [0.05, 0.1) is 6.20 Å². The summed E-state index contributed by atoms with van der Waals surface area (Å²) in [7, 11) is 3.62. The Morgan fingerprint density at radius 2 is 1.74 bits per heavy atom. The smallest absolute Gasteiger partial charge is 0.242 e. The Labute approximate surface area is 174 Å². The summed E-state index contributed by atoms with van der Waals surface area (Å²) in [6.45, 7) is 7.93. The lowest BCUT2D eigenvalue weighted by molar-refractivity contribution is -0.123. The molecule has 2 rings (SSSR count). The maximum atomic E-state index is 12.4. The minimum Gasteiger partial charge on any atom is -0.350 e. The van der Waals surface area contributed by atoms with Crippen molar-refractivity contribution in [3.8, 4) is 0 Å². The van der Waals surface area contributed by atoms with Gasteiger partial charge in [0.15, 0.2) is 0 Å². The van der Waals surface area contributed by atoms with Crippen LogP contribution in [0.2, 0.25) is 0 Å². The highest BCUT2D eigenvalue weighted by atomic mass is 35.5. The Balaban J connectivity index is 0.00000338. The summed E-state index contributed by atoms with van der Waals surface area (Å²) in [6.07, 6.45) is 3.56. The second kappa shape index (κ2) is 12.7. The molecule has 2 aromatic rings. The molecule has 1 heterocycles. The van der Waals surface area contributed by atoms with Gasteiger partial charge in [-0.3, -0.25) is 14.4 Å². The summed E-state index contributed by atoms with van der Waals surface area (Å²) in [4.78, 5) is 14.8. The largest absolute Gasteiger partial charge is 0.350 e. The molecule has 8 heteroatoms. The first-order valence-corrected chi connectivity index (χ1v) is 8.81. The molecule has 0 saturated carbocycles. The highest BCUT2D eigenvalue weighted by Gasteiger charge is 2.19. The molecule has 2 N–H and O–H groups in total. The number of aromatic nitrogens is 2. The normalized spacial score (nSPS) is 11.4. The van der Waals surface area contributed by atoms with Crippen molar-refractivity contribution in [2.45, 2.75) is 33.0 Å². The predicted octanol–water partition coefficient (Wildman–Crippen LogP) is 2.68. The van der Waals surface area contributed by atoms with Crippen LogP contribution in [0, 0.1) is 0 Å². The number of hydrogen-bond acceptors (Lipinski definition) is 4. The number of carbonyl (C=O) groups excluding carboxylic acids is 1. The molecular weight excluding hydrogens is 385 g/mol. The Morgan fingerprint density at radius 3 is 2.22 bits per heavy atom. The van der Waals surface area contributed by atoms with Gasteiger partial charge in [-0.15, -0.1) is 24.8 Å². The first-order chi connectivity index (χ1) is 12.1. The van der Waals surface area contributed by atoms with E-state index in [-0.39, 0.29) is 30.7 Å². The summed E-state index contributed by atoms with van der Waals surface area (Å²) in [5.41, 5.74) is 3.25. The zero-order chi connectivity index (χ0) is 18.2. The fourth-order valence-corrected chi connectivity index (χ4v) is 2.80. The number of carbonyl (C=O) groups is 1. The van der Waals surface area contributed by atoms with Gasteiger partial charge >= 0.3 is 0 Å². The van der Waals surface area contributed by atoms with E-state index >= 15 is 0 Å². The summed E-state index contributed by atoms with van der Waals surface area (Å²) >= 11 is 0. The molecule has 1 aromatic carbocycles. The van der Waals surface area contributed by atoms with Crippen LogP contribution in [-0.4, -0.2) is 40.7 Å². The molecule has 0 aliphatic rings. The predicted molar refractivity (Wildman–Crippen MR) is 114 cm³/mol. The number of amides is 1. The third-order valence-corrected chi connectivity index (χ3v) is 4.40. The monoisotopic (exact) mass is 415 g/mol. The molecule has 0 saturated heterocycles. The fraction of sp³-hybridized carbons (Fsp3) is 0.474. The zero-order valence-electron chi connectivity index (χ0n) is 16.4. The second-order valence-corrected chi connectivity index (χ2v) is 6.16. The van der Waals surface area contributed by atoms with Gasteiger partial charge in [-0.2, -0.15) is 5.10 Å². The molecule has 27 heavy (non-hydrogen) atoms. The van der Waals surface area contributed by atoms with Crippen LogP contribution >= 0.6 is 24.8 Å². The van der Waals surface area contributed by atoms with Gasteiger partial charge in [-0.25, -0.2) is 0 Å². The highest BCUT2D eigenvalue weighted by molar-refractivity contribution is 5.85. The average molecular weight is 416 g/mol. The minimum absolute atomic E-state index is 0. The van der Waals surface area contributed by atoms with Gasteiger partial charge < -0.3 is 10.6 Å². The molecule has 0 aliphatic heterocycles. The number of nitrogens with one attached hydrogen (secondary N) is 2. The molecule has 0 fully saturated rings. The molecular formula is C19H31Cl2N5O. The third kappa shape index (κ3) is 7.50. The molecule has 1 atom stereocenters. The Bertz CT molecular complexity index is 671. The lowest BCUT2D eigenvalue weighted by atomic mass is 10.1.